The van der Waals surface area contributed by atoms with Crippen LogP contribution in [0.2, 0.25) is 0 Å². The van der Waals surface area contributed by atoms with Crippen LogP contribution in [0.15, 0.2) is 0 Å². The van der Waals surface area contributed by atoms with Crippen LogP contribution in [-0.4, -0.2) is 43.4 Å². The lowest BCUT2D eigenvalue weighted by molar-refractivity contribution is -0.173. The quantitative estimate of drug-likeness (QED) is 0.361. The summed E-state index contributed by atoms with van der Waals surface area (Å²) in [5, 5.41) is -4.96. The third-order valence-electron chi connectivity index (χ3n) is 11.0. The molecule has 5 atom stereocenters. The highest BCUT2D eigenvalue weighted by Gasteiger charge is 2.62. The Hall–Kier alpha value is -1.29. The number of carbonyl (C=O) groups is 2. The van der Waals surface area contributed by atoms with E-state index in [-0.39, 0.29) is 29.3 Å². The van der Waals surface area contributed by atoms with Gasteiger partial charge in [0.2, 0.25) is 0 Å². The van der Waals surface area contributed by atoms with E-state index in [1.807, 2.05) is 0 Å². The lowest BCUT2D eigenvalue weighted by Crippen LogP contribution is -2.51. The van der Waals surface area contributed by atoms with Crippen LogP contribution >= 0.6 is 0 Å². The molecule has 7 aliphatic rings. The largest absolute Gasteiger partial charge is 0.465 e. The number of halogens is 2. The maximum atomic E-state index is 13.5. The second-order valence-corrected chi connectivity index (χ2v) is 14.7. The zero-order chi connectivity index (χ0) is 25.5. The lowest BCUT2D eigenvalue weighted by Gasteiger charge is -2.56. The minimum atomic E-state index is -5.86. The van der Waals surface area contributed by atoms with Crippen molar-refractivity contribution in [1.82, 2.24) is 0 Å². The fraction of sp³-hybridized carbons (Fsp3) is 0.923. The van der Waals surface area contributed by atoms with Crippen LogP contribution in [0.4, 0.5) is 8.78 Å². The molecule has 7 saturated carbocycles. The third kappa shape index (κ3) is 3.91. The van der Waals surface area contributed by atoms with Gasteiger partial charge in [0.15, 0.2) is 0 Å². The summed E-state index contributed by atoms with van der Waals surface area (Å²) >= 11 is 0. The Morgan fingerprint density at radius 3 is 2.08 bits per heavy atom. The molecule has 7 rings (SSSR count). The Morgan fingerprint density at radius 2 is 1.47 bits per heavy atom. The number of rotatable bonds is 8. The highest BCUT2D eigenvalue weighted by atomic mass is 32.2. The second-order valence-electron chi connectivity index (χ2n) is 13.2. The van der Waals surface area contributed by atoms with Gasteiger partial charge in [-0.2, -0.15) is 17.2 Å². The average Bonchev–Trinajstić information content (AvgIpc) is 2.98. The number of hydrogen-bond acceptors (Lipinski definition) is 6. The van der Waals surface area contributed by atoms with Gasteiger partial charge in [-0.1, -0.05) is 0 Å². The van der Waals surface area contributed by atoms with E-state index in [1.54, 1.807) is 0 Å². The summed E-state index contributed by atoms with van der Waals surface area (Å²) < 4.78 is 67.9. The maximum Gasteiger partial charge on any atom is 0.465 e. The van der Waals surface area contributed by atoms with Crippen LogP contribution in [0, 0.1) is 52.3 Å². The van der Waals surface area contributed by atoms with Gasteiger partial charge in [-0.25, -0.2) is 4.79 Å². The molecule has 0 heterocycles. The molecule has 6 bridgehead atoms. The van der Waals surface area contributed by atoms with Crippen molar-refractivity contribution in [2.45, 2.75) is 82.3 Å². The van der Waals surface area contributed by atoms with Gasteiger partial charge in [-0.15, -0.1) is 0 Å². The molecule has 0 radical (unpaired) electrons. The molecule has 0 aliphatic heterocycles. The SMILES string of the molecule is O=C(OCCC1CC2CC3CC(COC(=O)C(F)(F)S(=O)(=O)O)CC12C3)C12CC3CC(CC(C3)C1)C2. The van der Waals surface area contributed by atoms with Crippen molar-refractivity contribution in [3.8, 4) is 0 Å². The Kier molecular flexibility index (Phi) is 5.80. The molecule has 1 N–H and O–H groups in total. The second kappa shape index (κ2) is 8.35. The number of hydrogen-bond donors (Lipinski definition) is 1. The summed E-state index contributed by atoms with van der Waals surface area (Å²) in [6.45, 7) is 0.146. The summed E-state index contributed by atoms with van der Waals surface area (Å²) in [5.74, 6) is 1.14. The van der Waals surface area contributed by atoms with Gasteiger partial charge in [0.25, 0.3) is 0 Å². The van der Waals surface area contributed by atoms with Crippen LogP contribution in [0.3, 0.4) is 0 Å². The number of carbonyl (C=O) groups excluding carboxylic acids is 2. The van der Waals surface area contributed by atoms with E-state index in [0.29, 0.717) is 42.1 Å². The molecule has 0 saturated heterocycles. The fourth-order valence-electron chi connectivity index (χ4n) is 10.1. The normalized spacial score (nSPS) is 44.6. The topological polar surface area (TPSA) is 107 Å². The summed E-state index contributed by atoms with van der Waals surface area (Å²) in [4.78, 5) is 24.8. The van der Waals surface area contributed by atoms with Crippen LogP contribution in [0.5, 0.6) is 0 Å². The van der Waals surface area contributed by atoms with Crippen molar-refractivity contribution in [3.63, 3.8) is 0 Å². The smallest absolute Gasteiger partial charge is 0.465 e. The molecule has 7 nitrogen and oxygen atoms in total. The highest BCUT2D eigenvalue weighted by molar-refractivity contribution is 7.87. The molecule has 7 fully saturated rings. The lowest BCUT2D eigenvalue weighted by atomic mass is 9.49. The van der Waals surface area contributed by atoms with E-state index >= 15 is 0 Å². The molecule has 10 heteroatoms. The predicted octanol–water partition coefficient (Wildman–Crippen LogP) is 4.60. The van der Waals surface area contributed by atoms with E-state index in [1.165, 1.54) is 19.3 Å². The van der Waals surface area contributed by atoms with Crippen molar-refractivity contribution >= 4 is 22.1 Å². The maximum absolute atomic E-state index is 13.5. The van der Waals surface area contributed by atoms with Crippen molar-refractivity contribution in [2.24, 2.45) is 52.3 Å². The first-order chi connectivity index (χ1) is 16.9. The Morgan fingerprint density at radius 1 is 0.861 bits per heavy atom. The van der Waals surface area contributed by atoms with Crippen molar-refractivity contribution < 1.29 is 40.8 Å². The summed E-state index contributed by atoms with van der Waals surface area (Å²) in [7, 11) is -5.86. The Balaban J connectivity index is 1.02. The molecule has 36 heavy (non-hydrogen) atoms. The molecule has 0 aromatic carbocycles. The standard InChI is InChI=1S/C26H36F2O7S/c27-26(28,36(31,32)33)23(30)35-14-19-6-18-7-21-8-20(25(21,12-18)13-19)1-2-34-22(29)24-9-15-3-16(10-24)5-17(4-15)11-24/h15-21H,1-14H2,(H,31,32,33). The first kappa shape index (κ1) is 25.0. The van der Waals surface area contributed by atoms with E-state index in [4.69, 9.17) is 9.29 Å². The van der Waals surface area contributed by atoms with Crippen molar-refractivity contribution in [2.75, 3.05) is 13.2 Å². The van der Waals surface area contributed by atoms with E-state index in [0.717, 1.165) is 57.8 Å². The van der Waals surface area contributed by atoms with E-state index in [9.17, 15) is 26.8 Å². The number of alkyl halides is 2. The first-order valence-electron chi connectivity index (χ1n) is 13.6. The molecule has 0 aromatic rings. The molecule has 7 aliphatic carbocycles. The third-order valence-corrected chi connectivity index (χ3v) is 11.8. The van der Waals surface area contributed by atoms with Gasteiger partial charge >= 0.3 is 27.3 Å². The van der Waals surface area contributed by atoms with Gasteiger partial charge in [-0.3, -0.25) is 9.35 Å². The van der Waals surface area contributed by atoms with Crippen LogP contribution < -0.4 is 0 Å². The minimum absolute atomic E-state index is 0.00692. The van der Waals surface area contributed by atoms with E-state index in [2.05, 4.69) is 4.74 Å². The molecular weight excluding hydrogens is 494 g/mol. The monoisotopic (exact) mass is 530 g/mol. The van der Waals surface area contributed by atoms with Gasteiger partial charge < -0.3 is 9.47 Å². The molecule has 1 spiro atoms. The van der Waals surface area contributed by atoms with Gasteiger partial charge in [0, 0.05) is 0 Å². The van der Waals surface area contributed by atoms with E-state index < -0.39 is 21.3 Å². The Bertz CT molecular complexity index is 1010. The molecule has 0 amide bonds. The van der Waals surface area contributed by atoms with Crippen LogP contribution in [-0.2, 0) is 29.2 Å². The van der Waals surface area contributed by atoms with Crippen LogP contribution in [0.1, 0.15) is 77.0 Å². The van der Waals surface area contributed by atoms with Crippen molar-refractivity contribution in [3.05, 3.63) is 0 Å². The molecule has 5 unspecified atom stereocenters. The van der Waals surface area contributed by atoms with Gasteiger partial charge in [-0.05, 0) is 124 Å². The Labute approximate surface area is 210 Å². The molecule has 202 valence electrons. The summed E-state index contributed by atoms with van der Waals surface area (Å²) in [6, 6.07) is 0. The highest BCUT2D eigenvalue weighted by Crippen LogP contribution is 2.70. The molecule has 0 aromatic heterocycles. The van der Waals surface area contributed by atoms with Gasteiger partial charge in [0.1, 0.15) is 0 Å². The first-order valence-corrected chi connectivity index (χ1v) is 15.0. The predicted molar refractivity (Wildman–Crippen MR) is 123 cm³/mol. The zero-order valence-corrected chi connectivity index (χ0v) is 21.3. The summed E-state index contributed by atoms with van der Waals surface area (Å²) in [6.07, 6.45) is 12.4. The number of fused-ring (bicyclic) bond motifs is 1. The minimum Gasteiger partial charge on any atom is -0.465 e. The van der Waals surface area contributed by atoms with Gasteiger partial charge in [0.05, 0.1) is 18.6 Å². The zero-order valence-electron chi connectivity index (χ0n) is 20.5. The average molecular weight is 531 g/mol. The van der Waals surface area contributed by atoms with Crippen LogP contribution in [0.25, 0.3) is 0 Å². The number of ether oxygens (including phenoxy) is 2. The van der Waals surface area contributed by atoms with Crippen molar-refractivity contribution in [1.29, 1.82) is 0 Å². The summed E-state index contributed by atoms with van der Waals surface area (Å²) in [5.41, 5.74) is -0.184. The fourth-order valence-corrected chi connectivity index (χ4v) is 10.4. The number of esters is 2. The molecular formula is C26H36F2O7S.